The fourth-order valence-corrected chi connectivity index (χ4v) is 2.03. The smallest absolute Gasteiger partial charge is 0.156 e. The Morgan fingerprint density at radius 3 is 2.75 bits per heavy atom. The van der Waals surface area contributed by atoms with Crippen molar-refractivity contribution in [2.24, 2.45) is 0 Å². The lowest BCUT2D eigenvalue weighted by atomic mass is 9.96. The third kappa shape index (κ3) is 3.42. The summed E-state index contributed by atoms with van der Waals surface area (Å²) in [5, 5.41) is 0. The van der Waals surface area contributed by atoms with Gasteiger partial charge in [0.2, 0.25) is 0 Å². The molecule has 1 rings (SSSR count). The number of hydrogen-bond acceptors (Lipinski definition) is 3. The van der Waals surface area contributed by atoms with Crippen LogP contribution in [0.25, 0.3) is 0 Å². The zero-order valence-corrected chi connectivity index (χ0v) is 9.98. The summed E-state index contributed by atoms with van der Waals surface area (Å²) in [5.74, 6) is 0.242. The highest BCUT2D eigenvalue weighted by Gasteiger charge is 2.25. The van der Waals surface area contributed by atoms with Crippen LogP contribution in [0.4, 0.5) is 0 Å². The number of hydrogen-bond donors (Lipinski definition) is 0. The van der Waals surface area contributed by atoms with E-state index in [1.54, 1.807) is 6.92 Å². The molecule has 16 heavy (non-hydrogen) atoms. The molecule has 2 atom stereocenters. The van der Waals surface area contributed by atoms with Crippen molar-refractivity contribution in [3.8, 4) is 0 Å². The molecule has 0 spiro atoms. The Morgan fingerprint density at radius 1 is 1.50 bits per heavy atom. The number of ketones is 2. The van der Waals surface area contributed by atoms with Crippen LogP contribution in [0.15, 0.2) is 24.8 Å². The molecule has 1 aliphatic heterocycles. The molecule has 0 amide bonds. The lowest BCUT2D eigenvalue weighted by Crippen LogP contribution is -2.43. The maximum absolute atomic E-state index is 11.3. The van der Waals surface area contributed by atoms with E-state index in [0.717, 1.165) is 6.42 Å². The van der Waals surface area contributed by atoms with E-state index in [9.17, 15) is 9.59 Å². The van der Waals surface area contributed by atoms with Gasteiger partial charge in [0.25, 0.3) is 0 Å². The summed E-state index contributed by atoms with van der Waals surface area (Å²) in [6.07, 6.45) is 7.35. The summed E-state index contributed by atoms with van der Waals surface area (Å²) in [6.45, 7) is 5.08. The summed E-state index contributed by atoms with van der Waals surface area (Å²) in [7, 11) is 1.97. The van der Waals surface area contributed by atoms with Crippen molar-refractivity contribution in [3.05, 3.63) is 24.8 Å². The standard InChI is InChI=1S/C13H19NO2/c1-4-13(16)9-12-7-5-6-11(14(12)3)8-10(2)15/h4-5,7,11-12H,1,6,8-9H2,2-3H3. The van der Waals surface area contributed by atoms with Gasteiger partial charge >= 0.3 is 0 Å². The van der Waals surface area contributed by atoms with Crippen LogP contribution in [0, 0.1) is 0 Å². The summed E-state index contributed by atoms with van der Waals surface area (Å²) >= 11 is 0. The van der Waals surface area contributed by atoms with Crippen LogP contribution < -0.4 is 0 Å². The lowest BCUT2D eigenvalue weighted by Gasteiger charge is -2.35. The second-order valence-electron chi connectivity index (χ2n) is 4.33. The van der Waals surface area contributed by atoms with Crippen LogP contribution in [0.3, 0.4) is 0 Å². The van der Waals surface area contributed by atoms with E-state index in [4.69, 9.17) is 0 Å². The SMILES string of the molecule is C=CC(=O)CC1C=CCC(CC(C)=O)N1C. The van der Waals surface area contributed by atoms with Gasteiger partial charge in [0.05, 0.1) is 0 Å². The summed E-state index contributed by atoms with van der Waals surface area (Å²) in [4.78, 5) is 24.5. The zero-order chi connectivity index (χ0) is 12.1. The zero-order valence-electron chi connectivity index (χ0n) is 9.98. The highest BCUT2D eigenvalue weighted by atomic mass is 16.1. The first-order valence-corrected chi connectivity index (χ1v) is 5.58. The fourth-order valence-electron chi connectivity index (χ4n) is 2.03. The van der Waals surface area contributed by atoms with Gasteiger partial charge in [0.15, 0.2) is 5.78 Å². The van der Waals surface area contributed by atoms with E-state index in [1.165, 1.54) is 6.08 Å². The number of nitrogens with zero attached hydrogens (tertiary/aromatic N) is 1. The van der Waals surface area contributed by atoms with Gasteiger partial charge in [-0.3, -0.25) is 14.5 Å². The van der Waals surface area contributed by atoms with Gasteiger partial charge in [-0.25, -0.2) is 0 Å². The Hall–Kier alpha value is -1.22. The van der Waals surface area contributed by atoms with E-state index in [-0.39, 0.29) is 23.7 Å². The van der Waals surface area contributed by atoms with Crippen LogP contribution in [0.2, 0.25) is 0 Å². The number of allylic oxidation sites excluding steroid dienone is 1. The van der Waals surface area contributed by atoms with E-state index < -0.39 is 0 Å². The Morgan fingerprint density at radius 2 is 2.19 bits per heavy atom. The minimum atomic E-state index is 0.0463. The number of carbonyl (C=O) groups excluding carboxylic acids is 2. The molecule has 0 saturated carbocycles. The molecule has 0 fully saturated rings. The minimum Gasteiger partial charge on any atom is -0.300 e. The third-order valence-corrected chi connectivity index (χ3v) is 3.03. The number of likely N-dealkylation sites (N-methyl/N-ethyl adjacent to an activating group) is 1. The van der Waals surface area contributed by atoms with Gasteiger partial charge in [-0.05, 0) is 26.5 Å². The van der Waals surface area contributed by atoms with Crippen molar-refractivity contribution < 1.29 is 9.59 Å². The van der Waals surface area contributed by atoms with Crippen molar-refractivity contribution >= 4 is 11.6 Å². The molecule has 0 bridgehead atoms. The molecule has 0 saturated heterocycles. The summed E-state index contributed by atoms with van der Waals surface area (Å²) in [5.41, 5.74) is 0. The second-order valence-corrected chi connectivity index (χ2v) is 4.33. The first kappa shape index (κ1) is 12.8. The molecule has 0 aromatic carbocycles. The maximum atomic E-state index is 11.3. The fraction of sp³-hybridized carbons (Fsp3) is 0.538. The van der Waals surface area contributed by atoms with Crippen LogP contribution in [0.1, 0.15) is 26.2 Å². The van der Waals surface area contributed by atoms with E-state index in [1.807, 2.05) is 13.1 Å². The third-order valence-electron chi connectivity index (χ3n) is 3.03. The first-order valence-electron chi connectivity index (χ1n) is 5.58. The van der Waals surface area contributed by atoms with Crippen molar-refractivity contribution in [2.75, 3.05) is 7.05 Å². The summed E-state index contributed by atoms with van der Waals surface area (Å²) in [6, 6.07) is 0.328. The highest BCUT2D eigenvalue weighted by molar-refractivity contribution is 5.89. The number of carbonyl (C=O) groups is 2. The monoisotopic (exact) mass is 221 g/mol. The molecule has 3 heteroatoms. The second kappa shape index (κ2) is 5.75. The van der Waals surface area contributed by atoms with Gasteiger partial charge in [0, 0.05) is 24.9 Å². The average Bonchev–Trinajstić information content (AvgIpc) is 2.23. The molecule has 88 valence electrons. The Labute approximate surface area is 96.8 Å². The molecule has 0 radical (unpaired) electrons. The molecule has 1 heterocycles. The van der Waals surface area contributed by atoms with Gasteiger partial charge < -0.3 is 0 Å². The van der Waals surface area contributed by atoms with Crippen molar-refractivity contribution in [1.29, 1.82) is 0 Å². The Bertz CT molecular complexity index is 320. The van der Waals surface area contributed by atoms with Gasteiger partial charge in [-0.2, -0.15) is 0 Å². The van der Waals surface area contributed by atoms with Crippen molar-refractivity contribution in [3.63, 3.8) is 0 Å². The molecule has 0 aromatic heterocycles. The molecule has 0 aliphatic carbocycles. The molecular formula is C13H19NO2. The molecule has 2 unspecified atom stereocenters. The predicted octanol–water partition coefficient (Wildman–Crippen LogP) is 1.74. The quantitative estimate of drug-likeness (QED) is 0.524. The van der Waals surface area contributed by atoms with Crippen molar-refractivity contribution in [1.82, 2.24) is 4.90 Å². The van der Waals surface area contributed by atoms with Crippen LogP contribution >= 0.6 is 0 Å². The van der Waals surface area contributed by atoms with Crippen molar-refractivity contribution in [2.45, 2.75) is 38.3 Å². The Kier molecular flexibility index (Phi) is 4.62. The van der Waals surface area contributed by atoms with E-state index in [2.05, 4.69) is 17.6 Å². The maximum Gasteiger partial charge on any atom is 0.156 e. The summed E-state index contributed by atoms with van der Waals surface area (Å²) < 4.78 is 0. The molecule has 0 aromatic rings. The van der Waals surface area contributed by atoms with Crippen LogP contribution in [-0.2, 0) is 9.59 Å². The topological polar surface area (TPSA) is 37.4 Å². The first-order chi connectivity index (χ1) is 7.54. The molecular weight excluding hydrogens is 202 g/mol. The van der Waals surface area contributed by atoms with Crippen LogP contribution in [-0.4, -0.2) is 35.6 Å². The largest absolute Gasteiger partial charge is 0.300 e. The molecule has 3 nitrogen and oxygen atoms in total. The minimum absolute atomic E-state index is 0.0463. The normalized spacial score (nSPS) is 25.4. The van der Waals surface area contributed by atoms with Crippen LogP contribution in [0.5, 0.6) is 0 Å². The highest BCUT2D eigenvalue weighted by Crippen LogP contribution is 2.20. The number of Topliss-reactive ketones (excluding diaryl/α,β-unsaturated/α-hetero) is 1. The van der Waals surface area contributed by atoms with Gasteiger partial charge in [-0.1, -0.05) is 18.7 Å². The van der Waals surface area contributed by atoms with E-state index >= 15 is 0 Å². The molecule has 1 aliphatic rings. The van der Waals surface area contributed by atoms with E-state index in [0.29, 0.717) is 12.8 Å². The average molecular weight is 221 g/mol. The van der Waals surface area contributed by atoms with Gasteiger partial charge in [-0.15, -0.1) is 0 Å². The van der Waals surface area contributed by atoms with Gasteiger partial charge in [0.1, 0.15) is 5.78 Å². The lowest BCUT2D eigenvalue weighted by molar-refractivity contribution is -0.118. The predicted molar refractivity (Wildman–Crippen MR) is 64.2 cm³/mol. The molecule has 0 N–H and O–H groups in total. The number of rotatable bonds is 5. The Balaban J connectivity index is 2.63.